The Labute approximate surface area is 174 Å². The standard InChI is InChI=1S/C21H27N5O2S/c1-28-16-10-9-14-12-18(23-17(14)13-16)20(27)22-11-5-8-19-24-25-21(29-2)26(19)15-6-3-4-7-15/h9-10,12-13,15,23H,3-8,11H2,1-2H3,(H,22,27). The second kappa shape index (κ2) is 8.90. The van der Waals surface area contributed by atoms with Crippen molar-refractivity contribution in [3.05, 3.63) is 35.8 Å². The highest BCUT2D eigenvalue weighted by atomic mass is 32.2. The van der Waals surface area contributed by atoms with Gasteiger partial charge in [0.1, 0.15) is 17.3 Å². The second-order valence-corrected chi connectivity index (χ2v) is 8.18. The molecule has 0 spiro atoms. The van der Waals surface area contributed by atoms with Gasteiger partial charge in [-0.25, -0.2) is 0 Å². The molecule has 0 bridgehead atoms. The predicted octanol–water partition coefficient (Wildman–Crippen LogP) is 3.97. The van der Waals surface area contributed by atoms with Crippen LogP contribution in [0, 0.1) is 0 Å². The van der Waals surface area contributed by atoms with Crippen LogP contribution in [-0.4, -0.2) is 45.6 Å². The number of aromatic nitrogens is 4. The first-order chi connectivity index (χ1) is 14.2. The van der Waals surface area contributed by atoms with Gasteiger partial charge in [-0.3, -0.25) is 4.79 Å². The van der Waals surface area contributed by atoms with E-state index in [9.17, 15) is 4.79 Å². The highest BCUT2D eigenvalue weighted by Gasteiger charge is 2.23. The smallest absolute Gasteiger partial charge is 0.267 e. The van der Waals surface area contributed by atoms with Crippen LogP contribution in [0.4, 0.5) is 0 Å². The number of benzene rings is 1. The third-order valence-electron chi connectivity index (χ3n) is 5.54. The first-order valence-electron chi connectivity index (χ1n) is 10.1. The molecular weight excluding hydrogens is 386 g/mol. The third-order valence-corrected chi connectivity index (χ3v) is 6.19. The number of hydrogen-bond acceptors (Lipinski definition) is 5. The molecule has 1 aliphatic carbocycles. The number of methoxy groups -OCH3 is 1. The van der Waals surface area contributed by atoms with Crippen LogP contribution < -0.4 is 10.1 Å². The molecular formula is C21H27N5O2S. The minimum Gasteiger partial charge on any atom is -0.497 e. The highest BCUT2D eigenvalue weighted by Crippen LogP contribution is 2.33. The van der Waals surface area contributed by atoms with Gasteiger partial charge in [0.25, 0.3) is 5.91 Å². The summed E-state index contributed by atoms with van der Waals surface area (Å²) in [6.45, 7) is 0.601. The molecule has 2 aromatic heterocycles. The van der Waals surface area contributed by atoms with Crippen molar-refractivity contribution < 1.29 is 9.53 Å². The Hall–Kier alpha value is -2.48. The number of thioether (sulfide) groups is 1. The highest BCUT2D eigenvalue weighted by molar-refractivity contribution is 7.98. The predicted molar refractivity (Wildman–Crippen MR) is 115 cm³/mol. The molecule has 3 aromatic rings. The van der Waals surface area contributed by atoms with Gasteiger partial charge in [-0.1, -0.05) is 24.6 Å². The molecule has 2 heterocycles. The summed E-state index contributed by atoms with van der Waals surface area (Å²) in [4.78, 5) is 15.7. The Morgan fingerprint density at radius 3 is 2.90 bits per heavy atom. The summed E-state index contributed by atoms with van der Waals surface area (Å²) in [7, 11) is 1.63. The van der Waals surface area contributed by atoms with Gasteiger partial charge in [0.15, 0.2) is 5.16 Å². The maximum atomic E-state index is 12.5. The summed E-state index contributed by atoms with van der Waals surface area (Å²) < 4.78 is 7.56. The number of fused-ring (bicyclic) bond motifs is 1. The summed E-state index contributed by atoms with van der Waals surface area (Å²) >= 11 is 1.66. The van der Waals surface area contributed by atoms with E-state index in [1.165, 1.54) is 25.7 Å². The van der Waals surface area contributed by atoms with Gasteiger partial charge in [-0.05, 0) is 43.7 Å². The lowest BCUT2D eigenvalue weighted by molar-refractivity contribution is 0.0949. The molecule has 1 amide bonds. The van der Waals surface area contributed by atoms with E-state index in [1.54, 1.807) is 18.9 Å². The SMILES string of the molecule is COc1ccc2cc(C(=O)NCCCc3nnc(SC)n3C3CCCC3)[nH]c2c1. The molecule has 4 rings (SSSR count). The van der Waals surface area contributed by atoms with Gasteiger partial charge >= 0.3 is 0 Å². The lowest BCUT2D eigenvalue weighted by Crippen LogP contribution is -2.25. The quantitative estimate of drug-likeness (QED) is 0.431. The fourth-order valence-corrected chi connectivity index (χ4v) is 4.62. The van der Waals surface area contributed by atoms with Crippen LogP contribution in [0.15, 0.2) is 29.4 Å². The lowest BCUT2D eigenvalue weighted by Gasteiger charge is -2.16. The second-order valence-electron chi connectivity index (χ2n) is 7.41. The fourth-order valence-electron chi connectivity index (χ4n) is 4.05. The van der Waals surface area contributed by atoms with Crippen molar-refractivity contribution in [1.29, 1.82) is 0 Å². The van der Waals surface area contributed by atoms with Gasteiger partial charge in [0.05, 0.1) is 7.11 Å². The van der Waals surface area contributed by atoms with E-state index in [1.807, 2.05) is 24.3 Å². The monoisotopic (exact) mass is 413 g/mol. The summed E-state index contributed by atoms with van der Waals surface area (Å²) in [5.74, 6) is 1.71. The number of ether oxygens (including phenoxy) is 1. The Balaban J connectivity index is 1.34. The molecule has 1 fully saturated rings. The van der Waals surface area contributed by atoms with Crippen LogP contribution in [-0.2, 0) is 6.42 Å². The zero-order valence-corrected chi connectivity index (χ0v) is 17.7. The molecule has 2 N–H and O–H groups in total. The topological polar surface area (TPSA) is 84.8 Å². The van der Waals surface area contributed by atoms with E-state index in [2.05, 4.69) is 31.3 Å². The van der Waals surface area contributed by atoms with Crippen LogP contribution in [0.3, 0.4) is 0 Å². The number of H-pyrrole nitrogens is 1. The number of nitrogens with one attached hydrogen (secondary N) is 2. The van der Waals surface area contributed by atoms with E-state index in [0.717, 1.165) is 40.5 Å². The van der Waals surface area contributed by atoms with Gasteiger partial charge < -0.3 is 19.6 Å². The first-order valence-corrected chi connectivity index (χ1v) is 11.3. The van der Waals surface area contributed by atoms with Crippen LogP contribution in [0.1, 0.15) is 54.5 Å². The first kappa shape index (κ1) is 19.8. The fraction of sp³-hybridized carbons (Fsp3) is 0.476. The minimum absolute atomic E-state index is 0.0952. The summed E-state index contributed by atoms with van der Waals surface area (Å²) in [5.41, 5.74) is 1.45. The summed E-state index contributed by atoms with van der Waals surface area (Å²) in [6.07, 6.45) is 8.68. The zero-order chi connectivity index (χ0) is 20.2. The van der Waals surface area contributed by atoms with E-state index in [0.29, 0.717) is 18.3 Å². The molecule has 29 heavy (non-hydrogen) atoms. The number of carbonyl (C=O) groups excluding carboxylic acids is 1. The number of rotatable bonds is 8. The van der Waals surface area contributed by atoms with Crippen molar-refractivity contribution in [3.8, 4) is 5.75 Å². The van der Waals surface area contributed by atoms with Crippen LogP contribution in [0.5, 0.6) is 5.75 Å². The van der Waals surface area contributed by atoms with Gasteiger partial charge in [0.2, 0.25) is 0 Å². The summed E-state index contributed by atoms with van der Waals surface area (Å²) in [6, 6.07) is 8.12. The molecule has 1 aromatic carbocycles. The molecule has 0 saturated heterocycles. The molecule has 7 nitrogen and oxygen atoms in total. The van der Waals surface area contributed by atoms with Crippen LogP contribution in [0.2, 0.25) is 0 Å². The van der Waals surface area contributed by atoms with Gasteiger partial charge in [0, 0.05) is 36.0 Å². The van der Waals surface area contributed by atoms with Crippen molar-refractivity contribution in [2.75, 3.05) is 19.9 Å². The number of hydrogen-bond donors (Lipinski definition) is 2. The third kappa shape index (κ3) is 4.27. The van der Waals surface area contributed by atoms with Gasteiger partial charge in [-0.15, -0.1) is 10.2 Å². The molecule has 154 valence electrons. The van der Waals surface area contributed by atoms with Crippen LogP contribution >= 0.6 is 11.8 Å². The van der Waals surface area contributed by atoms with Crippen molar-refractivity contribution >= 4 is 28.6 Å². The van der Waals surface area contributed by atoms with E-state index in [-0.39, 0.29) is 5.91 Å². The Bertz CT molecular complexity index is 990. The van der Waals surface area contributed by atoms with E-state index >= 15 is 0 Å². The molecule has 1 saturated carbocycles. The van der Waals surface area contributed by atoms with E-state index < -0.39 is 0 Å². The van der Waals surface area contributed by atoms with E-state index in [4.69, 9.17) is 4.74 Å². The number of amides is 1. The zero-order valence-electron chi connectivity index (χ0n) is 16.9. The average Bonchev–Trinajstić information content (AvgIpc) is 3.48. The van der Waals surface area contributed by atoms with Crippen LogP contribution in [0.25, 0.3) is 10.9 Å². The van der Waals surface area contributed by atoms with Crippen molar-refractivity contribution in [2.24, 2.45) is 0 Å². The molecule has 0 radical (unpaired) electrons. The lowest BCUT2D eigenvalue weighted by atomic mass is 10.2. The average molecular weight is 414 g/mol. The molecule has 8 heteroatoms. The molecule has 0 aliphatic heterocycles. The van der Waals surface area contributed by atoms with Gasteiger partial charge in [-0.2, -0.15) is 0 Å². The Kier molecular flexibility index (Phi) is 6.08. The molecule has 0 atom stereocenters. The Morgan fingerprint density at radius 2 is 2.14 bits per heavy atom. The number of carbonyl (C=O) groups is 1. The summed E-state index contributed by atoms with van der Waals surface area (Å²) in [5, 5.41) is 13.8. The largest absolute Gasteiger partial charge is 0.497 e. The normalized spacial score (nSPS) is 14.6. The number of aromatic amines is 1. The van der Waals surface area contributed by atoms with Crippen molar-refractivity contribution in [3.63, 3.8) is 0 Å². The number of nitrogens with zero attached hydrogens (tertiary/aromatic N) is 3. The number of aryl methyl sites for hydroxylation is 1. The minimum atomic E-state index is -0.0952. The molecule has 0 unspecified atom stereocenters. The van der Waals surface area contributed by atoms with Crippen molar-refractivity contribution in [2.45, 2.75) is 49.7 Å². The molecule has 1 aliphatic rings. The Morgan fingerprint density at radius 1 is 1.31 bits per heavy atom. The maximum absolute atomic E-state index is 12.5. The van der Waals surface area contributed by atoms with Crippen molar-refractivity contribution in [1.82, 2.24) is 25.1 Å². The maximum Gasteiger partial charge on any atom is 0.267 e.